The molecule has 2 heterocycles. The van der Waals surface area contributed by atoms with Gasteiger partial charge in [0.05, 0.1) is 12.7 Å². The van der Waals surface area contributed by atoms with Gasteiger partial charge in [-0.2, -0.15) is 0 Å². The minimum absolute atomic E-state index is 0.0435. The second kappa shape index (κ2) is 7.29. The van der Waals surface area contributed by atoms with Crippen molar-refractivity contribution >= 4 is 12.0 Å². The highest BCUT2D eigenvalue weighted by Crippen LogP contribution is 2.22. The molecule has 2 aliphatic rings. The maximum absolute atomic E-state index is 11.7. The molecule has 2 amide bonds. The van der Waals surface area contributed by atoms with Crippen molar-refractivity contribution in [2.24, 2.45) is 0 Å². The highest BCUT2D eigenvalue weighted by molar-refractivity contribution is 5.82. The molecule has 0 radical (unpaired) electrons. The molecular formula is C14H21N3O4. The lowest BCUT2D eigenvalue weighted by Gasteiger charge is -2.35. The molecule has 2 aliphatic heterocycles. The number of amides is 2. The van der Waals surface area contributed by atoms with Gasteiger partial charge >= 0.3 is 12.0 Å². The van der Waals surface area contributed by atoms with Crippen molar-refractivity contribution in [2.75, 3.05) is 26.2 Å². The molecule has 0 aromatic heterocycles. The summed E-state index contributed by atoms with van der Waals surface area (Å²) in [6.45, 7) is 2.94. The summed E-state index contributed by atoms with van der Waals surface area (Å²) in [5.41, 5.74) is 0. The Morgan fingerprint density at radius 3 is 3.05 bits per heavy atom. The number of carbonyl (C=O) groups is 2. The zero-order chi connectivity index (χ0) is 15.2. The molecule has 3 unspecified atom stereocenters. The van der Waals surface area contributed by atoms with Crippen molar-refractivity contribution < 1.29 is 19.4 Å². The second-order valence-electron chi connectivity index (χ2n) is 5.40. The number of morpholine rings is 1. The molecule has 2 fully saturated rings. The number of terminal acetylenes is 1. The van der Waals surface area contributed by atoms with Gasteiger partial charge in [-0.3, -0.25) is 4.90 Å². The van der Waals surface area contributed by atoms with Crippen LogP contribution in [0.1, 0.15) is 19.3 Å². The highest BCUT2D eigenvalue weighted by Gasteiger charge is 2.32. The Morgan fingerprint density at radius 1 is 1.52 bits per heavy atom. The molecule has 0 saturated carbocycles. The van der Waals surface area contributed by atoms with E-state index in [9.17, 15) is 9.59 Å². The average Bonchev–Trinajstić information content (AvgIpc) is 2.92. The number of urea groups is 1. The second-order valence-corrected chi connectivity index (χ2v) is 5.40. The number of carbonyl (C=O) groups excluding carboxylic acids is 1. The van der Waals surface area contributed by atoms with Crippen molar-refractivity contribution in [1.29, 1.82) is 0 Å². The number of aliphatic carboxylic acids is 1. The lowest BCUT2D eigenvalue weighted by Crippen LogP contribution is -2.52. The predicted molar refractivity (Wildman–Crippen MR) is 75.7 cm³/mol. The molecular weight excluding hydrogens is 274 g/mol. The molecule has 21 heavy (non-hydrogen) atoms. The third kappa shape index (κ3) is 4.34. The van der Waals surface area contributed by atoms with E-state index >= 15 is 0 Å². The summed E-state index contributed by atoms with van der Waals surface area (Å²) in [5.74, 6) is 1.09. The molecule has 7 heteroatoms. The molecule has 7 nitrogen and oxygen atoms in total. The Hall–Kier alpha value is -1.78. The summed E-state index contributed by atoms with van der Waals surface area (Å²) in [5, 5.41) is 13.9. The van der Waals surface area contributed by atoms with Crippen LogP contribution in [0.3, 0.4) is 0 Å². The number of fused-ring (bicyclic) bond motifs is 1. The number of hydrogen-bond donors (Lipinski definition) is 3. The summed E-state index contributed by atoms with van der Waals surface area (Å²) in [7, 11) is 0. The summed E-state index contributed by atoms with van der Waals surface area (Å²) in [6, 6.07) is -1.09. The number of carboxylic acid groups (broad SMARTS) is 1. The number of nitrogens with one attached hydrogen (secondary N) is 2. The number of carboxylic acids is 1. The standard InChI is InChI=1S/C14H21N3O4/c1-2-4-12(13(18)19)16-14(20)15-7-11-8-17-6-3-5-10(17)9-21-11/h1,10-12H,3-9H2,(H,18,19)(H2,15,16,20). The zero-order valence-corrected chi connectivity index (χ0v) is 11.9. The molecule has 0 bridgehead atoms. The minimum Gasteiger partial charge on any atom is -0.480 e. The van der Waals surface area contributed by atoms with Crippen LogP contribution < -0.4 is 10.6 Å². The zero-order valence-electron chi connectivity index (χ0n) is 11.9. The van der Waals surface area contributed by atoms with E-state index in [2.05, 4.69) is 21.5 Å². The molecule has 3 atom stereocenters. The fourth-order valence-electron chi connectivity index (χ4n) is 2.74. The van der Waals surface area contributed by atoms with E-state index in [1.165, 1.54) is 12.8 Å². The van der Waals surface area contributed by atoms with Gasteiger partial charge in [-0.15, -0.1) is 12.3 Å². The average molecular weight is 295 g/mol. The third-order valence-electron chi connectivity index (χ3n) is 3.88. The highest BCUT2D eigenvalue weighted by atomic mass is 16.5. The van der Waals surface area contributed by atoms with E-state index in [1.807, 2.05) is 0 Å². The first-order valence-corrected chi connectivity index (χ1v) is 7.16. The monoisotopic (exact) mass is 295 g/mol. The van der Waals surface area contributed by atoms with Gasteiger partial charge in [0.15, 0.2) is 0 Å². The number of ether oxygens (including phenoxy) is 1. The topological polar surface area (TPSA) is 90.9 Å². The van der Waals surface area contributed by atoms with Gasteiger partial charge in [0.25, 0.3) is 0 Å². The van der Waals surface area contributed by atoms with Gasteiger partial charge in [0.2, 0.25) is 0 Å². The van der Waals surface area contributed by atoms with Crippen LogP contribution in [0.15, 0.2) is 0 Å². The van der Waals surface area contributed by atoms with E-state index in [1.54, 1.807) is 0 Å². The molecule has 3 N–H and O–H groups in total. The quantitative estimate of drug-likeness (QED) is 0.602. The van der Waals surface area contributed by atoms with Crippen LogP contribution in [0.25, 0.3) is 0 Å². The number of hydrogen-bond acceptors (Lipinski definition) is 4. The summed E-state index contributed by atoms with van der Waals surface area (Å²) in [4.78, 5) is 24.9. The van der Waals surface area contributed by atoms with E-state index in [4.69, 9.17) is 16.3 Å². The van der Waals surface area contributed by atoms with Crippen molar-refractivity contribution in [3.05, 3.63) is 0 Å². The Balaban J connectivity index is 1.71. The summed E-state index contributed by atoms with van der Waals surface area (Å²) in [6.07, 6.45) is 7.34. The predicted octanol–water partition coefficient (Wildman–Crippen LogP) is -0.375. The molecule has 0 spiro atoms. The maximum Gasteiger partial charge on any atom is 0.327 e. The van der Waals surface area contributed by atoms with Gasteiger partial charge in [-0.1, -0.05) is 0 Å². The van der Waals surface area contributed by atoms with Crippen molar-refractivity contribution in [3.63, 3.8) is 0 Å². The van der Waals surface area contributed by atoms with Crippen LogP contribution >= 0.6 is 0 Å². The fourth-order valence-corrected chi connectivity index (χ4v) is 2.74. The first kappa shape index (κ1) is 15.6. The van der Waals surface area contributed by atoms with Gasteiger partial charge in [-0.05, 0) is 19.4 Å². The molecule has 2 rings (SSSR count). The van der Waals surface area contributed by atoms with E-state index in [-0.39, 0.29) is 12.5 Å². The number of nitrogens with zero attached hydrogens (tertiary/aromatic N) is 1. The van der Waals surface area contributed by atoms with E-state index in [0.29, 0.717) is 19.2 Å². The van der Waals surface area contributed by atoms with Crippen molar-refractivity contribution in [2.45, 2.75) is 37.5 Å². The molecule has 0 aromatic rings. The van der Waals surface area contributed by atoms with Crippen LogP contribution in [0.5, 0.6) is 0 Å². The lowest BCUT2D eigenvalue weighted by atomic mass is 10.2. The van der Waals surface area contributed by atoms with Crippen LogP contribution in [-0.4, -0.2) is 66.4 Å². The van der Waals surface area contributed by atoms with E-state index in [0.717, 1.165) is 13.1 Å². The summed E-state index contributed by atoms with van der Waals surface area (Å²) >= 11 is 0. The summed E-state index contributed by atoms with van der Waals surface area (Å²) < 4.78 is 5.71. The SMILES string of the molecule is C#CCC(NC(=O)NCC1CN2CCCC2CO1)C(=O)O. The first-order valence-electron chi connectivity index (χ1n) is 7.16. The third-order valence-corrected chi connectivity index (χ3v) is 3.88. The van der Waals surface area contributed by atoms with Gasteiger partial charge in [0.1, 0.15) is 6.04 Å². The molecule has 116 valence electrons. The lowest BCUT2D eigenvalue weighted by molar-refractivity contribution is -0.139. The molecule has 2 saturated heterocycles. The smallest absolute Gasteiger partial charge is 0.327 e. The Bertz CT molecular complexity index is 434. The Kier molecular flexibility index (Phi) is 5.42. The van der Waals surface area contributed by atoms with Gasteiger partial charge in [0, 0.05) is 25.6 Å². The first-order chi connectivity index (χ1) is 10.1. The van der Waals surface area contributed by atoms with Crippen LogP contribution in [0, 0.1) is 12.3 Å². The Morgan fingerprint density at radius 2 is 2.33 bits per heavy atom. The van der Waals surface area contributed by atoms with Crippen LogP contribution in [0.4, 0.5) is 4.79 Å². The van der Waals surface area contributed by atoms with Crippen molar-refractivity contribution in [3.8, 4) is 12.3 Å². The minimum atomic E-state index is -1.14. The van der Waals surface area contributed by atoms with Gasteiger partial charge < -0.3 is 20.5 Å². The Labute approximate surface area is 124 Å². The number of rotatable bonds is 5. The largest absolute Gasteiger partial charge is 0.480 e. The van der Waals surface area contributed by atoms with E-state index < -0.39 is 18.0 Å². The normalized spacial score (nSPS) is 26.4. The van der Waals surface area contributed by atoms with Crippen LogP contribution in [-0.2, 0) is 9.53 Å². The molecule has 0 aromatic carbocycles. The van der Waals surface area contributed by atoms with Crippen LogP contribution in [0.2, 0.25) is 0 Å². The molecule has 0 aliphatic carbocycles. The van der Waals surface area contributed by atoms with Gasteiger partial charge in [-0.25, -0.2) is 9.59 Å². The maximum atomic E-state index is 11.7. The van der Waals surface area contributed by atoms with Crippen molar-refractivity contribution in [1.82, 2.24) is 15.5 Å². The fraction of sp³-hybridized carbons (Fsp3) is 0.714.